The number of nitrogens with two attached hydrogens (primary N) is 2. The number of hydrogen-bond donors (Lipinski definition) is 3. The fraction of sp³-hybridized carbons (Fsp3) is 0.294. The first-order valence-corrected chi connectivity index (χ1v) is 8.52. The quantitative estimate of drug-likeness (QED) is 0.600. The number of nitrogens with one attached hydrogen (secondary N) is 1. The predicted octanol–water partition coefficient (Wildman–Crippen LogP) is 2.59. The minimum Gasteiger partial charge on any atom is -0.387 e. The van der Waals surface area contributed by atoms with E-state index in [1.165, 1.54) is 0 Å². The Labute approximate surface area is 171 Å². The normalized spacial score (nSPS) is 18.7. The Balaban J connectivity index is 1.84. The molecule has 1 aromatic carbocycles. The van der Waals surface area contributed by atoms with Gasteiger partial charge in [0.05, 0.1) is 12.8 Å². The van der Waals surface area contributed by atoms with Crippen LogP contribution in [0.1, 0.15) is 17.7 Å². The summed E-state index contributed by atoms with van der Waals surface area (Å²) in [6.07, 6.45) is -6.65. The Morgan fingerprint density at radius 1 is 1.26 bits per heavy atom. The van der Waals surface area contributed by atoms with Crippen molar-refractivity contribution in [2.75, 3.05) is 24.3 Å². The van der Waals surface area contributed by atoms with Gasteiger partial charge in [-0.2, -0.15) is 0 Å². The van der Waals surface area contributed by atoms with E-state index < -0.39 is 59.9 Å². The fourth-order valence-electron chi connectivity index (χ4n) is 2.76. The second-order valence-electron chi connectivity index (χ2n) is 6.32. The van der Waals surface area contributed by atoms with Crippen molar-refractivity contribution in [1.29, 1.82) is 0 Å². The van der Waals surface area contributed by atoms with E-state index >= 15 is 0 Å². The molecule has 0 saturated heterocycles. The molecular weight excluding hydrogens is 431 g/mol. The molecule has 1 atom stereocenters. The number of halogens is 5. The van der Waals surface area contributed by atoms with E-state index in [1.807, 2.05) is 0 Å². The summed E-state index contributed by atoms with van der Waals surface area (Å²) in [6, 6.07) is 2.83. The van der Waals surface area contributed by atoms with Gasteiger partial charge in [-0.15, -0.1) is 0 Å². The average molecular weight is 446 g/mol. The molecular formula is C17H15F5N6O3. The second kappa shape index (κ2) is 8.67. The van der Waals surface area contributed by atoms with Gasteiger partial charge in [0.1, 0.15) is 24.0 Å². The van der Waals surface area contributed by atoms with Gasteiger partial charge in [0, 0.05) is 11.3 Å². The number of aliphatic imine (C=N–C) groups is 1. The monoisotopic (exact) mass is 446 g/mol. The summed E-state index contributed by atoms with van der Waals surface area (Å²) in [7, 11) is 0. The van der Waals surface area contributed by atoms with Crippen LogP contribution in [0.2, 0.25) is 0 Å². The van der Waals surface area contributed by atoms with E-state index in [0.717, 1.165) is 18.2 Å². The molecule has 3 rings (SSSR count). The van der Waals surface area contributed by atoms with Gasteiger partial charge in [0.2, 0.25) is 0 Å². The Morgan fingerprint density at radius 3 is 2.61 bits per heavy atom. The highest BCUT2D eigenvalue weighted by Gasteiger charge is 2.46. The first-order chi connectivity index (χ1) is 14.6. The van der Waals surface area contributed by atoms with E-state index in [9.17, 15) is 26.7 Å². The minimum absolute atomic E-state index is 0.142. The van der Waals surface area contributed by atoms with Crippen molar-refractivity contribution in [3.8, 4) is 5.88 Å². The number of alkyl halides is 4. The lowest BCUT2D eigenvalue weighted by Gasteiger charge is -2.33. The van der Waals surface area contributed by atoms with Crippen LogP contribution in [-0.2, 0) is 10.3 Å². The van der Waals surface area contributed by atoms with Gasteiger partial charge in [-0.05, 0) is 18.2 Å². The molecule has 1 unspecified atom stereocenters. The number of amidine groups is 1. The highest BCUT2D eigenvalue weighted by molar-refractivity contribution is 5.87. The zero-order valence-electron chi connectivity index (χ0n) is 15.5. The molecule has 166 valence electrons. The first-order valence-electron chi connectivity index (χ1n) is 8.52. The molecule has 31 heavy (non-hydrogen) atoms. The van der Waals surface area contributed by atoms with Gasteiger partial charge in [0.15, 0.2) is 11.4 Å². The van der Waals surface area contributed by atoms with Crippen LogP contribution in [0.3, 0.4) is 0 Å². The fourth-order valence-corrected chi connectivity index (χ4v) is 2.76. The second-order valence-corrected chi connectivity index (χ2v) is 6.32. The Morgan fingerprint density at radius 2 is 2.00 bits per heavy atom. The van der Waals surface area contributed by atoms with Crippen LogP contribution >= 0.6 is 0 Å². The molecule has 5 N–H and O–H groups in total. The number of hydrogen-bond acceptors (Lipinski definition) is 8. The maximum Gasteiger partial charge on any atom is 0.418 e. The molecule has 9 nitrogen and oxygen atoms in total. The topological polar surface area (TPSA) is 138 Å². The third kappa shape index (κ3) is 4.63. The van der Waals surface area contributed by atoms with Gasteiger partial charge in [-0.1, -0.05) is 0 Å². The molecule has 0 aliphatic carbocycles. The molecule has 2 heterocycles. The molecule has 0 fully saturated rings. The largest absolute Gasteiger partial charge is 0.418 e. The van der Waals surface area contributed by atoms with Crippen LogP contribution in [0.5, 0.6) is 5.88 Å². The van der Waals surface area contributed by atoms with E-state index in [-0.39, 0.29) is 18.1 Å². The molecule has 14 heteroatoms. The molecule has 0 bridgehead atoms. The van der Waals surface area contributed by atoms with E-state index in [1.54, 1.807) is 0 Å². The van der Waals surface area contributed by atoms with Crippen LogP contribution < -0.4 is 21.5 Å². The lowest BCUT2D eigenvalue weighted by atomic mass is 9.90. The van der Waals surface area contributed by atoms with Crippen molar-refractivity contribution in [2.45, 2.75) is 18.4 Å². The summed E-state index contributed by atoms with van der Waals surface area (Å²) in [5.41, 5.74) is 7.07. The molecule has 0 saturated carbocycles. The van der Waals surface area contributed by atoms with Crippen molar-refractivity contribution < 1.29 is 36.2 Å². The predicted molar refractivity (Wildman–Crippen MR) is 97.6 cm³/mol. The molecule has 1 aliphatic heterocycles. The Kier molecular flexibility index (Phi) is 6.19. The zero-order chi connectivity index (χ0) is 22.8. The Bertz CT molecular complexity index is 1020. The van der Waals surface area contributed by atoms with Crippen LogP contribution in [0, 0.1) is 5.82 Å². The van der Waals surface area contributed by atoms with E-state index in [0.29, 0.717) is 6.20 Å². The average Bonchev–Trinajstić information content (AvgIpc) is 2.70. The number of aromatic nitrogens is 2. The molecule has 1 aromatic heterocycles. The van der Waals surface area contributed by atoms with Gasteiger partial charge in [0.25, 0.3) is 18.7 Å². The third-order valence-corrected chi connectivity index (χ3v) is 4.15. The number of benzene rings is 1. The first kappa shape index (κ1) is 22.1. The standard InChI is InChI=1S/C17H15F5N6O3/c18-9-2-1-7(3-8(9)17(15(21)22)6-30-5-11(23)28-17)26-16(29)31-14-13(24)27-10(4-25-14)12(19)20/h1-4,12,15H,5-6H2,(H2,23,28)(H2,24,27)(H,26,29). The maximum atomic E-state index is 14.4. The number of anilines is 2. The highest BCUT2D eigenvalue weighted by Crippen LogP contribution is 2.38. The van der Waals surface area contributed by atoms with Crippen molar-refractivity contribution in [2.24, 2.45) is 10.7 Å². The van der Waals surface area contributed by atoms with Gasteiger partial charge in [-0.3, -0.25) is 10.3 Å². The maximum absolute atomic E-state index is 14.4. The zero-order valence-corrected chi connectivity index (χ0v) is 15.5. The molecule has 0 radical (unpaired) electrons. The summed E-state index contributed by atoms with van der Waals surface area (Å²) in [6.45, 7) is -0.827. The van der Waals surface area contributed by atoms with E-state index in [4.69, 9.17) is 20.9 Å². The molecule has 1 amide bonds. The number of amides is 1. The summed E-state index contributed by atoms with van der Waals surface area (Å²) in [5.74, 6) is -2.41. The van der Waals surface area contributed by atoms with Crippen molar-refractivity contribution in [3.63, 3.8) is 0 Å². The number of carbonyl (C=O) groups is 1. The highest BCUT2D eigenvalue weighted by atomic mass is 19.3. The lowest BCUT2D eigenvalue weighted by molar-refractivity contribution is -0.0145. The van der Waals surface area contributed by atoms with Crippen LogP contribution in [0.4, 0.5) is 38.3 Å². The van der Waals surface area contributed by atoms with Crippen molar-refractivity contribution in [3.05, 3.63) is 41.5 Å². The summed E-state index contributed by atoms with van der Waals surface area (Å²) in [4.78, 5) is 22.6. The van der Waals surface area contributed by atoms with Crippen molar-refractivity contribution in [1.82, 2.24) is 9.97 Å². The smallest absolute Gasteiger partial charge is 0.387 e. The van der Waals surface area contributed by atoms with Crippen LogP contribution in [-0.4, -0.2) is 41.5 Å². The SMILES string of the molecule is NC1=NC(c2cc(NC(=O)Oc3ncc(C(F)F)nc3N)ccc2F)(C(F)F)COC1. The van der Waals surface area contributed by atoms with Gasteiger partial charge >= 0.3 is 6.09 Å². The Hall–Kier alpha value is -3.55. The number of ether oxygens (including phenoxy) is 2. The van der Waals surface area contributed by atoms with Crippen LogP contribution in [0.25, 0.3) is 0 Å². The van der Waals surface area contributed by atoms with Gasteiger partial charge in [-0.25, -0.2) is 36.7 Å². The number of nitrogens with zero attached hydrogens (tertiary/aromatic N) is 3. The van der Waals surface area contributed by atoms with E-state index in [2.05, 4.69) is 20.3 Å². The van der Waals surface area contributed by atoms with Crippen molar-refractivity contribution >= 4 is 23.4 Å². The summed E-state index contributed by atoms with van der Waals surface area (Å²) >= 11 is 0. The summed E-state index contributed by atoms with van der Waals surface area (Å²) in [5, 5.41) is 2.16. The lowest BCUT2D eigenvalue weighted by Crippen LogP contribution is -2.45. The summed E-state index contributed by atoms with van der Waals surface area (Å²) < 4.78 is 77.0. The number of carbonyl (C=O) groups excluding carboxylic acids is 1. The molecule has 1 aliphatic rings. The molecule has 2 aromatic rings. The number of nitrogen functional groups attached to an aromatic ring is 1. The minimum atomic E-state index is -3.17. The number of rotatable bonds is 5. The third-order valence-electron chi connectivity index (χ3n) is 4.15. The molecule has 0 spiro atoms. The van der Waals surface area contributed by atoms with Gasteiger partial charge < -0.3 is 20.9 Å². The van der Waals surface area contributed by atoms with Crippen LogP contribution in [0.15, 0.2) is 29.4 Å².